The summed E-state index contributed by atoms with van der Waals surface area (Å²) in [4.78, 5) is 11.8. The predicted octanol–water partition coefficient (Wildman–Crippen LogP) is 3.95. The van der Waals surface area contributed by atoms with Crippen molar-refractivity contribution >= 4 is 28.9 Å². The Morgan fingerprint density at radius 2 is 1.60 bits per heavy atom. The van der Waals surface area contributed by atoms with Gasteiger partial charge in [0.1, 0.15) is 0 Å². The highest BCUT2D eigenvalue weighted by Crippen LogP contribution is 2.13. The molecule has 0 radical (unpaired) electrons. The van der Waals surface area contributed by atoms with Gasteiger partial charge < -0.3 is 10.6 Å². The van der Waals surface area contributed by atoms with Gasteiger partial charge in [0, 0.05) is 16.4 Å². The number of halogens is 1. The van der Waals surface area contributed by atoms with Crippen molar-refractivity contribution < 1.29 is 4.79 Å². The summed E-state index contributed by atoms with van der Waals surface area (Å²) in [5.41, 5.74) is 2.93. The van der Waals surface area contributed by atoms with Crippen LogP contribution in [0.1, 0.15) is 12.5 Å². The molecule has 0 bridgehead atoms. The van der Waals surface area contributed by atoms with Crippen molar-refractivity contribution in [2.24, 2.45) is 0 Å². The van der Waals surface area contributed by atoms with E-state index in [1.165, 1.54) is 5.56 Å². The van der Waals surface area contributed by atoms with Crippen molar-refractivity contribution in [3.8, 4) is 0 Å². The highest BCUT2D eigenvalue weighted by atomic mass is 35.5. The maximum atomic E-state index is 11.8. The Hall–Kier alpha value is -2.00. The van der Waals surface area contributed by atoms with Gasteiger partial charge in [-0.05, 0) is 48.4 Å². The number of hydrogen-bond donors (Lipinski definition) is 2. The molecular weight excluding hydrogens is 272 g/mol. The Balaban J connectivity index is 1.84. The van der Waals surface area contributed by atoms with Crippen LogP contribution in [-0.2, 0) is 11.2 Å². The molecule has 2 aromatic carbocycles. The first kappa shape index (κ1) is 14.4. The van der Waals surface area contributed by atoms with Crippen LogP contribution in [0.15, 0.2) is 48.5 Å². The lowest BCUT2D eigenvalue weighted by atomic mass is 10.1. The molecular formula is C16H17ClN2O. The van der Waals surface area contributed by atoms with Gasteiger partial charge in [-0.1, -0.05) is 30.7 Å². The van der Waals surface area contributed by atoms with Crippen LogP contribution in [0.5, 0.6) is 0 Å². The molecule has 0 heterocycles. The normalized spacial score (nSPS) is 10.1. The lowest BCUT2D eigenvalue weighted by Crippen LogP contribution is -2.21. The van der Waals surface area contributed by atoms with E-state index < -0.39 is 0 Å². The summed E-state index contributed by atoms with van der Waals surface area (Å²) in [7, 11) is 0. The topological polar surface area (TPSA) is 41.1 Å². The van der Waals surface area contributed by atoms with E-state index in [0.29, 0.717) is 5.02 Å². The second-order valence-corrected chi connectivity index (χ2v) is 4.90. The molecule has 0 atom stereocenters. The monoisotopic (exact) mass is 288 g/mol. The zero-order valence-electron chi connectivity index (χ0n) is 11.3. The molecule has 0 aliphatic heterocycles. The Bertz CT molecular complexity index is 564. The molecule has 1 amide bonds. The van der Waals surface area contributed by atoms with Crippen LogP contribution in [0.3, 0.4) is 0 Å². The summed E-state index contributed by atoms with van der Waals surface area (Å²) in [6, 6.07) is 15.1. The maximum Gasteiger partial charge on any atom is 0.243 e. The Labute approximate surface area is 124 Å². The molecule has 4 heteroatoms. The average Bonchev–Trinajstić information content (AvgIpc) is 2.47. The van der Waals surface area contributed by atoms with E-state index in [1.54, 1.807) is 12.1 Å². The van der Waals surface area contributed by atoms with Crippen LogP contribution in [-0.4, -0.2) is 12.5 Å². The minimum Gasteiger partial charge on any atom is -0.376 e. The summed E-state index contributed by atoms with van der Waals surface area (Å²) >= 11 is 5.80. The lowest BCUT2D eigenvalue weighted by molar-refractivity contribution is -0.114. The van der Waals surface area contributed by atoms with Crippen LogP contribution in [0.25, 0.3) is 0 Å². The Morgan fingerprint density at radius 1 is 1.00 bits per heavy atom. The molecule has 20 heavy (non-hydrogen) atoms. The molecule has 0 saturated carbocycles. The predicted molar refractivity (Wildman–Crippen MR) is 84.4 cm³/mol. The van der Waals surface area contributed by atoms with Crippen LogP contribution in [0, 0.1) is 0 Å². The smallest absolute Gasteiger partial charge is 0.243 e. The SMILES string of the molecule is CCc1ccc(NC(=O)CNc2ccc(Cl)cc2)cc1. The summed E-state index contributed by atoms with van der Waals surface area (Å²) in [5.74, 6) is -0.0794. The lowest BCUT2D eigenvalue weighted by Gasteiger charge is -2.08. The van der Waals surface area contributed by atoms with E-state index >= 15 is 0 Å². The number of nitrogens with one attached hydrogen (secondary N) is 2. The maximum absolute atomic E-state index is 11.8. The molecule has 0 unspecified atom stereocenters. The first-order chi connectivity index (χ1) is 9.67. The molecule has 104 valence electrons. The number of benzene rings is 2. The fraction of sp³-hybridized carbons (Fsp3) is 0.188. The molecule has 0 spiro atoms. The number of carbonyl (C=O) groups is 1. The van der Waals surface area contributed by atoms with Crippen molar-refractivity contribution in [3.05, 3.63) is 59.1 Å². The van der Waals surface area contributed by atoms with Crippen molar-refractivity contribution in [1.29, 1.82) is 0 Å². The number of rotatable bonds is 5. The number of aryl methyl sites for hydroxylation is 1. The molecule has 3 nitrogen and oxygen atoms in total. The molecule has 2 N–H and O–H groups in total. The zero-order chi connectivity index (χ0) is 14.4. The summed E-state index contributed by atoms with van der Waals surface area (Å²) in [6.45, 7) is 2.32. The zero-order valence-corrected chi connectivity index (χ0v) is 12.1. The van der Waals surface area contributed by atoms with E-state index in [9.17, 15) is 4.79 Å². The molecule has 0 aliphatic carbocycles. The first-order valence-corrected chi connectivity index (χ1v) is 6.93. The van der Waals surface area contributed by atoms with E-state index in [1.807, 2.05) is 36.4 Å². The third kappa shape index (κ3) is 4.28. The minimum atomic E-state index is -0.0794. The second kappa shape index (κ2) is 6.96. The van der Waals surface area contributed by atoms with Gasteiger partial charge >= 0.3 is 0 Å². The van der Waals surface area contributed by atoms with Crippen molar-refractivity contribution in [3.63, 3.8) is 0 Å². The molecule has 0 fully saturated rings. The van der Waals surface area contributed by atoms with Gasteiger partial charge in [0.05, 0.1) is 6.54 Å². The van der Waals surface area contributed by atoms with Gasteiger partial charge in [-0.2, -0.15) is 0 Å². The number of amides is 1. The van der Waals surface area contributed by atoms with Crippen LogP contribution in [0.4, 0.5) is 11.4 Å². The number of carbonyl (C=O) groups excluding carboxylic acids is 1. The standard InChI is InChI=1S/C16H17ClN2O/c1-2-12-3-7-15(8-4-12)19-16(20)11-18-14-9-5-13(17)6-10-14/h3-10,18H,2,11H2,1H3,(H,19,20). The van der Waals surface area contributed by atoms with Crippen molar-refractivity contribution in [1.82, 2.24) is 0 Å². The van der Waals surface area contributed by atoms with Gasteiger partial charge in [-0.15, -0.1) is 0 Å². The van der Waals surface area contributed by atoms with E-state index in [4.69, 9.17) is 11.6 Å². The minimum absolute atomic E-state index is 0.0794. The van der Waals surface area contributed by atoms with Crippen LogP contribution < -0.4 is 10.6 Å². The second-order valence-electron chi connectivity index (χ2n) is 4.46. The summed E-state index contributed by atoms with van der Waals surface area (Å²) in [5, 5.41) is 6.57. The molecule has 0 aromatic heterocycles. The highest BCUT2D eigenvalue weighted by molar-refractivity contribution is 6.30. The fourth-order valence-corrected chi connectivity index (χ4v) is 1.91. The Kier molecular flexibility index (Phi) is 5.02. The fourth-order valence-electron chi connectivity index (χ4n) is 1.78. The molecule has 0 saturated heterocycles. The van der Waals surface area contributed by atoms with Gasteiger partial charge in [0.25, 0.3) is 0 Å². The molecule has 0 aliphatic rings. The number of hydrogen-bond acceptors (Lipinski definition) is 2. The van der Waals surface area contributed by atoms with Crippen LogP contribution >= 0.6 is 11.6 Å². The number of anilines is 2. The van der Waals surface area contributed by atoms with Gasteiger partial charge in [-0.25, -0.2) is 0 Å². The molecule has 2 aromatic rings. The Morgan fingerprint density at radius 3 is 2.20 bits per heavy atom. The van der Waals surface area contributed by atoms with Crippen molar-refractivity contribution in [2.75, 3.05) is 17.2 Å². The summed E-state index contributed by atoms with van der Waals surface area (Å²) < 4.78 is 0. The first-order valence-electron chi connectivity index (χ1n) is 6.55. The van der Waals surface area contributed by atoms with Gasteiger partial charge in [0.2, 0.25) is 5.91 Å². The third-order valence-electron chi connectivity index (χ3n) is 2.94. The average molecular weight is 289 g/mol. The van der Waals surface area contributed by atoms with Crippen molar-refractivity contribution in [2.45, 2.75) is 13.3 Å². The summed E-state index contributed by atoms with van der Waals surface area (Å²) in [6.07, 6.45) is 0.992. The largest absolute Gasteiger partial charge is 0.376 e. The highest BCUT2D eigenvalue weighted by Gasteiger charge is 2.02. The third-order valence-corrected chi connectivity index (χ3v) is 3.20. The van der Waals surface area contributed by atoms with E-state index in [2.05, 4.69) is 17.6 Å². The molecule has 2 rings (SSSR count). The van der Waals surface area contributed by atoms with Crippen LogP contribution in [0.2, 0.25) is 5.02 Å². The van der Waals surface area contributed by atoms with E-state index in [0.717, 1.165) is 17.8 Å². The van der Waals surface area contributed by atoms with Gasteiger partial charge in [0.15, 0.2) is 0 Å². The van der Waals surface area contributed by atoms with E-state index in [-0.39, 0.29) is 12.5 Å². The quantitative estimate of drug-likeness (QED) is 0.874. The van der Waals surface area contributed by atoms with Gasteiger partial charge in [-0.3, -0.25) is 4.79 Å².